The molecule has 2 aromatic carbocycles. The Bertz CT molecular complexity index is 1100. The Morgan fingerprint density at radius 2 is 1.72 bits per heavy atom. The number of amides is 1. The summed E-state index contributed by atoms with van der Waals surface area (Å²) in [5, 5.41) is 10.5. The number of furan rings is 1. The molecule has 0 saturated carbocycles. The fourth-order valence-electron chi connectivity index (χ4n) is 2.51. The van der Waals surface area contributed by atoms with Crippen molar-refractivity contribution in [3.8, 4) is 11.5 Å². The summed E-state index contributed by atoms with van der Waals surface area (Å²) < 4.78 is 15.7. The SMILES string of the molecule is O=C(OCc1nnc(-c2ccccc2)o1)c1ccc(NC(=O)c2ccco2)cc1. The van der Waals surface area contributed by atoms with Crippen LogP contribution in [0.1, 0.15) is 26.8 Å². The molecule has 0 spiro atoms. The maximum Gasteiger partial charge on any atom is 0.338 e. The number of aromatic nitrogens is 2. The van der Waals surface area contributed by atoms with Gasteiger partial charge in [0.05, 0.1) is 11.8 Å². The number of anilines is 1. The Kier molecular flexibility index (Phi) is 5.15. The van der Waals surface area contributed by atoms with E-state index in [9.17, 15) is 9.59 Å². The van der Waals surface area contributed by atoms with E-state index in [0.29, 0.717) is 17.1 Å². The average Bonchev–Trinajstić information content (AvgIpc) is 3.45. The molecule has 4 aromatic rings. The number of benzene rings is 2. The van der Waals surface area contributed by atoms with Gasteiger partial charge < -0.3 is 18.9 Å². The highest BCUT2D eigenvalue weighted by Crippen LogP contribution is 2.18. The van der Waals surface area contributed by atoms with Crippen LogP contribution in [0.5, 0.6) is 0 Å². The highest BCUT2D eigenvalue weighted by Gasteiger charge is 2.13. The number of hydrogen-bond acceptors (Lipinski definition) is 7. The predicted molar refractivity (Wildman–Crippen MR) is 102 cm³/mol. The van der Waals surface area contributed by atoms with Crippen LogP contribution in [0.25, 0.3) is 11.5 Å². The van der Waals surface area contributed by atoms with Gasteiger partial charge in [-0.3, -0.25) is 4.79 Å². The van der Waals surface area contributed by atoms with Gasteiger partial charge in [0.1, 0.15) is 0 Å². The second-order valence-corrected chi connectivity index (χ2v) is 5.95. The minimum absolute atomic E-state index is 0.143. The van der Waals surface area contributed by atoms with Crippen LogP contribution in [0.4, 0.5) is 5.69 Å². The number of carbonyl (C=O) groups excluding carboxylic acids is 2. The molecule has 0 aliphatic heterocycles. The third-order valence-corrected chi connectivity index (χ3v) is 3.94. The standard InChI is InChI=1S/C21H15N3O5/c25-19(17-7-4-12-27-17)22-16-10-8-15(9-11-16)21(26)28-13-18-23-24-20(29-18)14-5-2-1-3-6-14/h1-12H,13H2,(H,22,25). The Morgan fingerprint density at radius 1 is 0.931 bits per heavy atom. The average molecular weight is 389 g/mol. The Labute approximate surface area is 165 Å². The number of nitrogens with zero attached hydrogens (tertiary/aromatic N) is 2. The van der Waals surface area contributed by atoms with E-state index < -0.39 is 5.97 Å². The van der Waals surface area contributed by atoms with E-state index in [4.69, 9.17) is 13.6 Å². The van der Waals surface area contributed by atoms with Gasteiger partial charge in [0.2, 0.25) is 5.89 Å². The van der Waals surface area contributed by atoms with Crippen LogP contribution in [0.3, 0.4) is 0 Å². The third-order valence-electron chi connectivity index (χ3n) is 3.94. The molecule has 0 atom stereocenters. The Morgan fingerprint density at radius 3 is 2.45 bits per heavy atom. The first-order valence-corrected chi connectivity index (χ1v) is 8.69. The monoisotopic (exact) mass is 389 g/mol. The Balaban J connectivity index is 1.33. The van der Waals surface area contributed by atoms with Crippen LogP contribution in [-0.2, 0) is 11.3 Å². The summed E-state index contributed by atoms with van der Waals surface area (Å²) in [7, 11) is 0. The van der Waals surface area contributed by atoms with Crippen molar-refractivity contribution in [3.63, 3.8) is 0 Å². The molecule has 2 aromatic heterocycles. The smallest absolute Gasteiger partial charge is 0.338 e. The first-order chi connectivity index (χ1) is 14.2. The van der Waals surface area contributed by atoms with E-state index in [0.717, 1.165) is 5.56 Å². The number of ether oxygens (including phenoxy) is 1. The molecule has 29 heavy (non-hydrogen) atoms. The van der Waals surface area contributed by atoms with Gasteiger partial charge in [-0.1, -0.05) is 18.2 Å². The van der Waals surface area contributed by atoms with Gasteiger partial charge in [-0.15, -0.1) is 10.2 Å². The van der Waals surface area contributed by atoms with Crippen LogP contribution in [0.2, 0.25) is 0 Å². The van der Waals surface area contributed by atoms with Crippen molar-refractivity contribution in [1.82, 2.24) is 10.2 Å². The summed E-state index contributed by atoms with van der Waals surface area (Å²) in [6.45, 7) is -0.143. The summed E-state index contributed by atoms with van der Waals surface area (Å²) in [6, 6.07) is 18.8. The van der Waals surface area contributed by atoms with Crippen molar-refractivity contribution < 1.29 is 23.2 Å². The van der Waals surface area contributed by atoms with Gasteiger partial charge in [0.25, 0.3) is 11.8 Å². The van der Waals surface area contributed by atoms with E-state index in [-0.39, 0.29) is 24.2 Å². The number of hydrogen-bond donors (Lipinski definition) is 1. The third kappa shape index (κ3) is 4.38. The molecule has 0 unspecified atom stereocenters. The lowest BCUT2D eigenvalue weighted by molar-refractivity contribution is 0.0438. The largest absolute Gasteiger partial charge is 0.459 e. The molecule has 144 valence electrons. The zero-order valence-electron chi connectivity index (χ0n) is 15.1. The summed E-state index contributed by atoms with van der Waals surface area (Å²) in [5.41, 5.74) is 1.63. The van der Waals surface area contributed by atoms with Gasteiger partial charge in [0.15, 0.2) is 12.4 Å². The van der Waals surface area contributed by atoms with Gasteiger partial charge in [-0.25, -0.2) is 4.79 Å². The predicted octanol–water partition coefficient (Wildman–Crippen LogP) is 3.94. The number of esters is 1. The first-order valence-electron chi connectivity index (χ1n) is 8.69. The van der Waals surface area contributed by atoms with Crippen molar-refractivity contribution in [1.29, 1.82) is 0 Å². The number of nitrogens with one attached hydrogen (secondary N) is 1. The molecule has 2 heterocycles. The molecular weight excluding hydrogens is 374 g/mol. The highest BCUT2D eigenvalue weighted by molar-refractivity contribution is 6.02. The fourth-order valence-corrected chi connectivity index (χ4v) is 2.51. The molecular formula is C21H15N3O5. The lowest BCUT2D eigenvalue weighted by Gasteiger charge is -2.05. The van der Waals surface area contributed by atoms with Crippen molar-refractivity contribution in [3.05, 3.63) is 90.2 Å². The zero-order valence-corrected chi connectivity index (χ0v) is 15.1. The molecule has 0 saturated heterocycles. The maximum absolute atomic E-state index is 12.2. The van der Waals surface area contributed by atoms with E-state index in [2.05, 4.69) is 15.5 Å². The second kappa shape index (κ2) is 8.22. The van der Waals surface area contributed by atoms with Gasteiger partial charge in [-0.2, -0.15) is 0 Å². The summed E-state index contributed by atoms with van der Waals surface area (Å²) >= 11 is 0. The molecule has 0 fully saturated rings. The van der Waals surface area contributed by atoms with Crippen molar-refractivity contribution in [2.45, 2.75) is 6.61 Å². The van der Waals surface area contributed by atoms with Crippen molar-refractivity contribution in [2.75, 3.05) is 5.32 Å². The first kappa shape index (κ1) is 18.2. The molecule has 0 aliphatic carbocycles. The summed E-state index contributed by atoms with van der Waals surface area (Å²) in [6.07, 6.45) is 1.42. The molecule has 8 nitrogen and oxygen atoms in total. The molecule has 0 radical (unpaired) electrons. The quantitative estimate of drug-likeness (QED) is 0.498. The minimum Gasteiger partial charge on any atom is -0.459 e. The van der Waals surface area contributed by atoms with Crippen LogP contribution in [0, 0.1) is 0 Å². The van der Waals surface area contributed by atoms with Crippen LogP contribution < -0.4 is 5.32 Å². The van der Waals surface area contributed by atoms with Crippen LogP contribution >= 0.6 is 0 Å². The molecule has 0 bridgehead atoms. The maximum atomic E-state index is 12.2. The van der Waals surface area contributed by atoms with Gasteiger partial charge in [-0.05, 0) is 48.5 Å². The topological polar surface area (TPSA) is 107 Å². The van der Waals surface area contributed by atoms with Crippen LogP contribution in [0.15, 0.2) is 81.8 Å². The Hall–Kier alpha value is -4.20. The van der Waals surface area contributed by atoms with E-state index in [1.165, 1.54) is 6.26 Å². The summed E-state index contributed by atoms with van der Waals surface area (Å²) in [5.74, 6) is -0.180. The lowest BCUT2D eigenvalue weighted by atomic mass is 10.2. The molecule has 4 rings (SSSR count). The normalized spacial score (nSPS) is 10.5. The van der Waals surface area contributed by atoms with Gasteiger partial charge in [0, 0.05) is 11.3 Å². The van der Waals surface area contributed by atoms with Crippen molar-refractivity contribution in [2.24, 2.45) is 0 Å². The fraction of sp³-hybridized carbons (Fsp3) is 0.0476. The van der Waals surface area contributed by atoms with E-state index in [1.54, 1.807) is 36.4 Å². The van der Waals surface area contributed by atoms with E-state index in [1.807, 2.05) is 30.3 Å². The highest BCUT2D eigenvalue weighted by atomic mass is 16.5. The number of carbonyl (C=O) groups is 2. The molecule has 1 amide bonds. The second-order valence-electron chi connectivity index (χ2n) is 5.95. The molecule has 8 heteroatoms. The van der Waals surface area contributed by atoms with Gasteiger partial charge >= 0.3 is 5.97 Å². The summed E-state index contributed by atoms with van der Waals surface area (Å²) in [4.78, 5) is 24.1. The minimum atomic E-state index is -0.548. The van der Waals surface area contributed by atoms with Crippen LogP contribution in [-0.4, -0.2) is 22.1 Å². The van der Waals surface area contributed by atoms with E-state index >= 15 is 0 Å². The molecule has 1 N–H and O–H groups in total. The number of rotatable bonds is 6. The van der Waals surface area contributed by atoms with Crippen molar-refractivity contribution >= 4 is 17.6 Å². The zero-order chi connectivity index (χ0) is 20.1. The lowest BCUT2D eigenvalue weighted by Crippen LogP contribution is -2.11. The molecule has 0 aliphatic rings.